The summed E-state index contributed by atoms with van der Waals surface area (Å²) in [4.78, 5) is 11.9. The predicted octanol–water partition coefficient (Wildman–Crippen LogP) is 2.23. The summed E-state index contributed by atoms with van der Waals surface area (Å²) in [5, 5.41) is 19.0. The molecule has 0 bridgehead atoms. The number of hydrogen-bond acceptors (Lipinski definition) is 6. The molecule has 134 valence electrons. The highest BCUT2D eigenvalue weighted by molar-refractivity contribution is 7.89. The Morgan fingerprint density at radius 2 is 1.88 bits per heavy atom. The summed E-state index contributed by atoms with van der Waals surface area (Å²) < 4.78 is 23.5. The van der Waals surface area contributed by atoms with Gasteiger partial charge in [-0.1, -0.05) is 6.07 Å². The maximum Gasteiger partial charge on any atom is 0.270 e. The van der Waals surface area contributed by atoms with E-state index >= 15 is 0 Å². The average Bonchev–Trinajstić information content (AvgIpc) is 2.52. The third kappa shape index (κ3) is 4.46. The monoisotopic (exact) mass is 364 g/mol. The Labute approximate surface area is 146 Å². The van der Waals surface area contributed by atoms with Crippen molar-refractivity contribution >= 4 is 27.1 Å². The number of benzene rings is 2. The molecule has 0 aromatic heterocycles. The van der Waals surface area contributed by atoms with Gasteiger partial charge in [0.2, 0.25) is 10.0 Å². The van der Waals surface area contributed by atoms with Gasteiger partial charge in [-0.2, -0.15) is 0 Å². The van der Waals surface area contributed by atoms with Gasteiger partial charge in [0.15, 0.2) is 0 Å². The second-order valence-corrected chi connectivity index (χ2v) is 7.37. The summed E-state index contributed by atoms with van der Waals surface area (Å²) in [6, 6.07) is 9.47. The molecule has 0 saturated heterocycles. The first-order valence-corrected chi connectivity index (χ1v) is 8.96. The predicted molar refractivity (Wildman–Crippen MR) is 97.3 cm³/mol. The fourth-order valence-electron chi connectivity index (χ4n) is 2.35. The van der Waals surface area contributed by atoms with Crippen LogP contribution in [0.5, 0.6) is 0 Å². The molecule has 0 aliphatic rings. The lowest BCUT2D eigenvalue weighted by Gasteiger charge is -2.16. The number of hydrogen-bond donors (Lipinski definition) is 2. The van der Waals surface area contributed by atoms with Crippen LogP contribution in [-0.2, 0) is 16.6 Å². The van der Waals surface area contributed by atoms with Crippen LogP contribution in [0.15, 0.2) is 41.3 Å². The second kappa shape index (κ2) is 7.08. The Morgan fingerprint density at radius 3 is 2.40 bits per heavy atom. The fraction of sp³-hybridized carbons (Fsp3) is 0.250. The topological polar surface area (TPSA) is 119 Å². The maximum atomic E-state index is 11.7. The quantitative estimate of drug-likeness (QED) is 0.599. The third-order valence-corrected chi connectivity index (χ3v) is 4.75. The first-order valence-electron chi connectivity index (χ1n) is 7.41. The van der Waals surface area contributed by atoms with Gasteiger partial charge in [0, 0.05) is 38.5 Å². The minimum atomic E-state index is -4.10. The van der Waals surface area contributed by atoms with Crippen molar-refractivity contribution < 1.29 is 13.3 Å². The number of rotatable bonds is 6. The summed E-state index contributed by atoms with van der Waals surface area (Å²) in [5.41, 5.74) is 2.97. The Morgan fingerprint density at radius 1 is 1.20 bits per heavy atom. The van der Waals surface area contributed by atoms with Gasteiger partial charge < -0.3 is 10.2 Å². The fourth-order valence-corrected chi connectivity index (χ4v) is 3.08. The number of nitro benzene ring substituents is 1. The van der Waals surface area contributed by atoms with E-state index < -0.39 is 14.9 Å². The smallest absolute Gasteiger partial charge is 0.270 e. The van der Waals surface area contributed by atoms with Crippen LogP contribution >= 0.6 is 0 Å². The maximum absolute atomic E-state index is 11.7. The SMILES string of the molecule is Cc1cc(N(C)C)ccc1CNc1ccc([N+](=O)[O-])cc1S(N)(=O)=O. The molecule has 0 amide bonds. The van der Waals surface area contributed by atoms with E-state index in [1.807, 2.05) is 44.1 Å². The van der Waals surface area contributed by atoms with Crippen molar-refractivity contribution in [1.29, 1.82) is 0 Å². The number of non-ortho nitro benzene ring substituents is 1. The lowest BCUT2D eigenvalue weighted by atomic mass is 10.1. The summed E-state index contributed by atoms with van der Waals surface area (Å²) in [6.45, 7) is 2.32. The third-order valence-electron chi connectivity index (χ3n) is 3.79. The van der Waals surface area contributed by atoms with Crippen LogP contribution in [-0.4, -0.2) is 27.4 Å². The molecular formula is C16H20N4O4S. The van der Waals surface area contributed by atoms with Gasteiger partial charge in [-0.15, -0.1) is 0 Å². The van der Waals surface area contributed by atoms with Crippen molar-refractivity contribution in [2.75, 3.05) is 24.3 Å². The van der Waals surface area contributed by atoms with Gasteiger partial charge in [-0.05, 0) is 36.2 Å². The molecule has 0 heterocycles. The van der Waals surface area contributed by atoms with Crippen molar-refractivity contribution in [3.8, 4) is 0 Å². The lowest BCUT2D eigenvalue weighted by Crippen LogP contribution is -2.15. The van der Waals surface area contributed by atoms with Crippen molar-refractivity contribution in [1.82, 2.24) is 0 Å². The van der Waals surface area contributed by atoms with E-state index in [0.717, 1.165) is 22.9 Å². The van der Waals surface area contributed by atoms with E-state index in [-0.39, 0.29) is 16.3 Å². The van der Waals surface area contributed by atoms with Gasteiger partial charge in [0.25, 0.3) is 5.69 Å². The molecule has 9 heteroatoms. The number of nitrogens with one attached hydrogen (secondary N) is 1. The van der Waals surface area contributed by atoms with Gasteiger partial charge >= 0.3 is 0 Å². The molecule has 0 aliphatic carbocycles. The number of nitro groups is 1. The molecule has 2 aromatic carbocycles. The molecule has 8 nitrogen and oxygen atoms in total. The molecule has 2 rings (SSSR count). The highest BCUT2D eigenvalue weighted by Crippen LogP contribution is 2.26. The lowest BCUT2D eigenvalue weighted by molar-refractivity contribution is -0.385. The summed E-state index contributed by atoms with van der Waals surface area (Å²) in [7, 11) is -0.203. The zero-order valence-electron chi connectivity index (χ0n) is 14.2. The first kappa shape index (κ1) is 18.7. The zero-order chi connectivity index (χ0) is 18.8. The van der Waals surface area contributed by atoms with Crippen molar-refractivity contribution in [2.45, 2.75) is 18.4 Å². The first-order chi connectivity index (χ1) is 11.6. The van der Waals surface area contributed by atoms with Crippen LogP contribution in [0.1, 0.15) is 11.1 Å². The van der Waals surface area contributed by atoms with E-state index in [1.165, 1.54) is 12.1 Å². The molecule has 0 saturated carbocycles. The van der Waals surface area contributed by atoms with Gasteiger partial charge in [0.05, 0.1) is 10.6 Å². The Balaban J connectivity index is 2.30. The van der Waals surface area contributed by atoms with Crippen LogP contribution in [0.2, 0.25) is 0 Å². The number of primary sulfonamides is 1. The molecule has 0 aliphatic heterocycles. The number of anilines is 2. The van der Waals surface area contributed by atoms with Crippen LogP contribution in [0.3, 0.4) is 0 Å². The summed E-state index contributed by atoms with van der Waals surface area (Å²) in [5.74, 6) is 0. The number of nitrogens with two attached hydrogens (primary N) is 1. The number of aryl methyl sites for hydroxylation is 1. The van der Waals surface area contributed by atoms with Crippen molar-refractivity contribution in [2.24, 2.45) is 5.14 Å². The van der Waals surface area contributed by atoms with E-state index in [0.29, 0.717) is 6.54 Å². The largest absolute Gasteiger partial charge is 0.380 e. The Hall–Kier alpha value is -2.65. The standard InChI is InChI=1S/C16H20N4O4S/c1-11-8-13(19(2)3)5-4-12(11)10-18-15-7-6-14(20(21)22)9-16(15)25(17,23)24/h4-9,18H,10H2,1-3H3,(H2,17,23,24). The highest BCUT2D eigenvalue weighted by atomic mass is 32.2. The van der Waals surface area contributed by atoms with Gasteiger partial charge in [-0.3, -0.25) is 10.1 Å². The van der Waals surface area contributed by atoms with E-state index in [1.54, 1.807) is 0 Å². The number of sulfonamides is 1. The minimum Gasteiger partial charge on any atom is -0.380 e. The minimum absolute atomic E-state index is 0.226. The molecule has 0 fully saturated rings. The van der Waals surface area contributed by atoms with Crippen molar-refractivity contribution in [3.05, 3.63) is 57.6 Å². The van der Waals surface area contributed by atoms with Crippen molar-refractivity contribution in [3.63, 3.8) is 0 Å². The average molecular weight is 364 g/mol. The highest BCUT2D eigenvalue weighted by Gasteiger charge is 2.19. The Bertz CT molecular complexity index is 910. The van der Waals surface area contributed by atoms with E-state index in [2.05, 4.69) is 5.32 Å². The molecule has 0 spiro atoms. The van der Waals surface area contributed by atoms with E-state index in [4.69, 9.17) is 5.14 Å². The van der Waals surface area contributed by atoms with Crippen LogP contribution in [0.25, 0.3) is 0 Å². The van der Waals surface area contributed by atoms with E-state index in [9.17, 15) is 18.5 Å². The zero-order valence-corrected chi connectivity index (χ0v) is 15.0. The van der Waals surface area contributed by atoms with Gasteiger partial charge in [0.1, 0.15) is 4.90 Å². The molecule has 0 atom stereocenters. The Kier molecular flexibility index (Phi) is 5.29. The molecular weight excluding hydrogens is 344 g/mol. The molecule has 25 heavy (non-hydrogen) atoms. The van der Waals surface area contributed by atoms with Crippen LogP contribution < -0.4 is 15.4 Å². The van der Waals surface area contributed by atoms with Crippen LogP contribution in [0, 0.1) is 17.0 Å². The normalized spacial score (nSPS) is 11.2. The summed E-state index contributed by atoms with van der Waals surface area (Å²) >= 11 is 0. The molecule has 0 radical (unpaired) electrons. The van der Waals surface area contributed by atoms with Crippen LogP contribution in [0.4, 0.5) is 17.1 Å². The molecule has 2 aromatic rings. The molecule has 3 N–H and O–H groups in total. The summed E-state index contributed by atoms with van der Waals surface area (Å²) in [6.07, 6.45) is 0. The second-order valence-electron chi connectivity index (χ2n) is 5.84. The molecule has 0 unspecified atom stereocenters. The van der Waals surface area contributed by atoms with Gasteiger partial charge in [-0.25, -0.2) is 13.6 Å². The number of nitrogens with zero attached hydrogens (tertiary/aromatic N) is 2.